The third-order valence-electron chi connectivity index (χ3n) is 4.38. The molecule has 1 aliphatic rings. The number of nitrogens with zero attached hydrogens (tertiary/aromatic N) is 2. The van der Waals surface area contributed by atoms with E-state index in [-0.39, 0.29) is 18.4 Å². The average molecular weight is 441 g/mol. The SMILES string of the molecule is O=C1C(Sc2ccc(Cl)cc2)=C(c2ccc(Cl)cc2)C(=O)N1Cc1ccncc1. The van der Waals surface area contributed by atoms with E-state index in [0.29, 0.717) is 26.1 Å². The van der Waals surface area contributed by atoms with Crippen molar-refractivity contribution in [2.75, 3.05) is 0 Å². The van der Waals surface area contributed by atoms with E-state index in [4.69, 9.17) is 23.2 Å². The van der Waals surface area contributed by atoms with Crippen LogP contribution in [-0.2, 0) is 16.1 Å². The Morgan fingerprint density at radius 1 is 0.793 bits per heavy atom. The highest BCUT2D eigenvalue weighted by Crippen LogP contribution is 2.40. The van der Waals surface area contributed by atoms with E-state index in [9.17, 15) is 9.59 Å². The molecule has 2 aromatic carbocycles. The van der Waals surface area contributed by atoms with Gasteiger partial charge in [0.15, 0.2) is 0 Å². The summed E-state index contributed by atoms with van der Waals surface area (Å²) in [6.45, 7) is 0.182. The summed E-state index contributed by atoms with van der Waals surface area (Å²) in [5.41, 5.74) is 1.86. The summed E-state index contributed by atoms with van der Waals surface area (Å²) in [5, 5.41) is 1.17. The molecule has 144 valence electrons. The Morgan fingerprint density at radius 3 is 2.00 bits per heavy atom. The van der Waals surface area contributed by atoms with Gasteiger partial charge in [0.1, 0.15) is 0 Å². The lowest BCUT2D eigenvalue weighted by molar-refractivity contribution is -0.137. The fourth-order valence-corrected chi connectivity index (χ4v) is 4.22. The first kappa shape index (κ1) is 19.7. The molecule has 4 nitrogen and oxygen atoms in total. The number of pyridine rings is 1. The molecule has 2 amide bonds. The van der Waals surface area contributed by atoms with Gasteiger partial charge in [0, 0.05) is 27.3 Å². The smallest absolute Gasteiger partial charge is 0.268 e. The van der Waals surface area contributed by atoms with Crippen molar-refractivity contribution in [2.45, 2.75) is 11.4 Å². The van der Waals surface area contributed by atoms with Crippen molar-refractivity contribution in [3.63, 3.8) is 0 Å². The van der Waals surface area contributed by atoms with Crippen molar-refractivity contribution < 1.29 is 9.59 Å². The molecule has 0 N–H and O–H groups in total. The van der Waals surface area contributed by atoms with Crippen molar-refractivity contribution in [1.29, 1.82) is 0 Å². The molecule has 0 atom stereocenters. The summed E-state index contributed by atoms with van der Waals surface area (Å²) >= 11 is 13.2. The van der Waals surface area contributed by atoms with Gasteiger partial charge in [-0.05, 0) is 59.7 Å². The first-order valence-corrected chi connectivity index (χ1v) is 10.3. The zero-order valence-corrected chi connectivity index (χ0v) is 17.3. The van der Waals surface area contributed by atoms with Crippen LogP contribution < -0.4 is 0 Å². The molecule has 0 bridgehead atoms. The Hall–Kier alpha value is -2.60. The van der Waals surface area contributed by atoms with Crippen molar-refractivity contribution >= 4 is 52.4 Å². The summed E-state index contributed by atoms with van der Waals surface area (Å²) in [5.74, 6) is -0.651. The van der Waals surface area contributed by atoms with Crippen LogP contribution in [0, 0.1) is 0 Å². The van der Waals surface area contributed by atoms with E-state index in [1.54, 1.807) is 60.9 Å². The molecule has 0 saturated carbocycles. The predicted molar refractivity (Wildman–Crippen MR) is 115 cm³/mol. The van der Waals surface area contributed by atoms with Crippen LogP contribution in [0.5, 0.6) is 0 Å². The van der Waals surface area contributed by atoms with Crippen LogP contribution in [0.25, 0.3) is 5.57 Å². The highest BCUT2D eigenvalue weighted by atomic mass is 35.5. The molecule has 29 heavy (non-hydrogen) atoms. The minimum absolute atomic E-state index is 0.182. The van der Waals surface area contributed by atoms with E-state index in [1.165, 1.54) is 16.7 Å². The van der Waals surface area contributed by atoms with Gasteiger partial charge in [0.2, 0.25) is 0 Å². The number of carbonyl (C=O) groups excluding carboxylic acids is 2. The highest BCUT2D eigenvalue weighted by Gasteiger charge is 2.39. The molecular formula is C22H14Cl2N2O2S. The first-order valence-electron chi connectivity index (χ1n) is 8.71. The number of aromatic nitrogens is 1. The molecule has 2 heterocycles. The fraction of sp³-hybridized carbons (Fsp3) is 0.0455. The van der Waals surface area contributed by atoms with Gasteiger partial charge in [-0.1, -0.05) is 47.1 Å². The molecule has 3 aromatic rings. The normalized spacial score (nSPS) is 14.1. The maximum atomic E-state index is 13.2. The van der Waals surface area contributed by atoms with E-state index >= 15 is 0 Å². The van der Waals surface area contributed by atoms with E-state index < -0.39 is 0 Å². The molecular weight excluding hydrogens is 427 g/mol. The number of hydrogen-bond acceptors (Lipinski definition) is 4. The third kappa shape index (κ3) is 4.22. The van der Waals surface area contributed by atoms with Crippen LogP contribution in [0.1, 0.15) is 11.1 Å². The van der Waals surface area contributed by atoms with Crippen LogP contribution in [0.15, 0.2) is 82.9 Å². The van der Waals surface area contributed by atoms with Gasteiger partial charge in [-0.25, -0.2) is 0 Å². The van der Waals surface area contributed by atoms with Crippen molar-refractivity contribution in [1.82, 2.24) is 9.88 Å². The molecule has 0 aliphatic carbocycles. The Balaban J connectivity index is 1.74. The molecule has 0 fully saturated rings. The second-order valence-electron chi connectivity index (χ2n) is 6.32. The number of hydrogen-bond donors (Lipinski definition) is 0. The summed E-state index contributed by atoms with van der Waals surface area (Å²) in [6.07, 6.45) is 3.27. The summed E-state index contributed by atoms with van der Waals surface area (Å²) in [6, 6.07) is 17.6. The van der Waals surface area contributed by atoms with Crippen molar-refractivity contribution in [3.05, 3.63) is 99.1 Å². The van der Waals surface area contributed by atoms with Gasteiger partial charge >= 0.3 is 0 Å². The lowest BCUT2D eigenvalue weighted by Crippen LogP contribution is -2.30. The lowest BCUT2D eigenvalue weighted by Gasteiger charge is -2.15. The number of carbonyl (C=O) groups is 2. The van der Waals surface area contributed by atoms with Gasteiger partial charge in [0.25, 0.3) is 11.8 Å². The molecule has 0 radical (unpaired) electrons. The molecule has 7 heteroatoms. The highest BCUT2D eigenvalue weighted by molar-refractivity contribution is 8.04. The number of amides is 2. The molecule has 0 unspecified atom stereocenters. The van der Waals surface area contributed by atoms with Crippen molar-refractivity contribution in [2.24, 2.45) is 0 Å². The number of halogens is 2. The standard InChI is InChI=1S/C22H14Cl2N2O2S/c23-16-3-1-15(2-4-16)19-20(29-18-7-5-17(24)6-8-18)22(28)26(21(19)27)13-14-9-11-25-12-10-14/h1-12H,13H2. The van der Waals surface area contributed by atoms with Crippen molar-refractivity contribution in [3.8, 4) is 0 Å². The molecule has 1 aliphatic heterocycles. The summed E-state index contributed by atoms with van der Waals surface area (Å²) in [4.78, 5) is 32.9. The van der Waals surface area contributed by atoms with Crippen LogP contribution in [0.4, 0.5) is 0 Å². The summed E-state index contributed by atoms with van der Waals surface area (Å²) < 4.78 is 0. The largest absolute Gasteiger partial charge is 0.269 e. The Bertz CT molecular complexity index is 1100. The lowest BCUT2D eigenvalue weighted by atomic mass is 10.1. The van der Waals surface area contributed by atoms with E-state index in [2.05, 4.69) is 4.98 Å². The maximum Gasteiger partial charge on any atom is 0.268 e. The predicted octanol–water partition coefficient (Wildman–Crippen LogP) is 5.46. The number of benzene rings is 2. The van der Waals surface area contributed by atoms with E-state index in [0.717, 1.165) is 10.5 Å². The second kappa shape index (κ2) is 8.41. The minimum Gasteiger partial charge on any atom is -0.269 e. The Kier molecular flexibility index (Phi) is 5.72. The zero-order chi connectivity index (χ0) is 20.4. The first-order chi connectivity index (χ1) is 14.0. The average Bonchev–Trinajstić information content (AvgIpc) is 2.95. The van der Waals surface area contributed by atoms with Crippen LogP contribution in [0.3, 0.4) is 0 Å². The third-order valence-corrected chi connectivity index (χ3v) is 5.98. The molecule has 4 rings (SSSR count). The second-order valence-corrected chi connectivity index (χ2v) is 8.28. The zero-order valence-electron chi connectivity index (χ0n) is 15.0. The van der Waals surface area contributed by atoms with Gasteiger partial charge in [-0.15, -0.1) is 0 Å². The minimum atomic E-state index is -0.328. The monoisotopic (exact) mass is 440 g/mol. The summed E-state index contributed by atoms with van der Waals surface area (Å²) in [7, 11) is 0. The molecule has 0 spiro atoms. The van der Waals surface area contributed by atoms with Crippen LogP contribution in [-0.4, -0.2) is 21.7 Å². The quantitative estimate of drug-likeness (QED) is 0.494. The number of rotatable bonds is 5. The fourth-order valence-electron chi connectivity index (χ4n) is 2.95. The van der Waals surface area contributed by atoms with Gasteiger partial charge in [0.05, 0.1) is 17.0 Å². The topological polar surface area (TPSA) is 50.3 Å². The molecule has 1 aromatic heterocycles. The van der Waals surface area contributed by atoms with Gasteiger partial charge in [-0.2, -0.15) is 0 Å². The Labute approximate surface area is 182 Å². The van der Waals surface area contributed by atoms with Gasteiger partial charge < -0.3 is 0 Å². The van der Waals surface area contributed by atoms with Gasteiger partial charge in [-0.3, -0.25) is 19.5 Å². The number of imide groups is 1. The Morgan fingerprint density at radius 2 is 1.38 bits per heavy atom. The van der Waals surface area contributed by atoms with E-state index in [1.807, 2.05) is 12.1 Å². The van der Waals surface area contributed by atoms with Crippen LogP contribution >= 0.6 is 35.0 Å². The van der Waals surface area contributed by atoms with Crippen LogP contribution in [0.2, 0.25) is 10.0 Å². The maximum absolute atomic E-state index is 13.2. The number of thioether (sulfide) groups is 1. The molecule has 0 saturated heterocycles.